The molecular weight excluding hydrogens is 388 g/mol. The predicted octanol–water partition coefficient (Wildman–Crippen LogP) is 3.71. The van der Waals surface area contributed by atoms with Crippen LogP contribution in [0.1, 0.15) is 49.2 Å². The quantitative estimate of drug-likeness (QED) is 0.618. The highest BCUT2D eigenvalue weighted by molar-refractivity contribution is 7.71. The Kier molecular flexibility index (Phi) is 4.92. The first-order valence-electron chi connectivity index (χ1n) is 10.1. The monoisotopic (exact) mass is 412 g/mol. The molecule has 8 nitrogen and oxygen atoms in total. The normalized spacial score (nSPS) is 18.2. The number of nitrogens with zero attached hydrogens (tertiary/aromatic N) is 5. The number of ether oxygens (including phenoxy) is 1. The molecule has 152 valence electrons. The topological polar surface area (TPSA) is 85.0 Å². The maximum absolute atomic E-state index is 5.71. The molecule has 2 aromatic heterocycles. The minimum absolute atomic E-state index is 0.391. The van der Waals surface area contributed by atoms with Crippen LogP contribution in [0.5, 0.6) is 5.75 Å². The number of H-pyrrole nitrogens is 1. The lowest BCUT2D eigenvalue weighted by atomic mass is 9.96. The van der Waals surface area contributed by atoms with Crippen LogP contribution in [0.15, 0.2) is 28.7 Å². The fraction of sp³-hybridized carbons (Fsp3) is 0.500. The third-order valence-corrected chi connectivity index (χ3v) is 6.01. The summed E-state index contributed by atoms with van der Waals surface area (Å²) in [4.78, 5) is 7.47. The van der Waals surface area contributed by atoms with Gasteiger partial charge in [0.25, 0.3) is 4.84 Å². The molecule has 1 N–H and O–H groups in total. The fourth-order valence-corrected chi connectivity index (χ4v) is 3.96. The molecule has 29 heavy (non-hydrogen) atoms. The van der Waals surface area contributed by atoms with Crippen LogP contribution in [0.25, 0.3) is 11.5 Å². The number of piperidine rings is 1. The van der Waals surface area contributed by atoms with E-state index >= 15 is 0 Å². The average Bonchev–Trinajstić information content (AvgIpc) is 3.38. The Morgan fingerprint density at radius 1 is 1.14 bits per heavy atom. The second-order valence-corrected chi connectivity index (χ2v) is 8.14. The molecule has 2 aliphatic rings. The van der Waals surface area contributed by atoms with Gasteiger partial charge in [-0.1, -0.05) is 0 Å². The molecule has 0 radical (unpaired) electrons. The highest BCUT2D eigenvalue weighted by Crippen LogP contribution is 2.38. The van der Waals surface area contributed by atoms with E-state index in [9.17, 15) is 0 Å². The number of hydrogen-bond donors (Lipinski definition) is 1. The lowest BCUT2D eigenvalue weighted by Gasteiger charge is -2.30. The maximum Gasteiger partial charge on any atom is 0.288 e. The Bertz CT molecular complexity index is 1030. The Morgan fingerprint density at radius 2 is 1.90 bits per heavy atom. The van der Waals surface area contributed by atoms with Crippen molar-refractivity contribution in [1.29, 1.82) is 0 Å². The first-order chi connectivity index (χ1) is 14.2. The van der Waals surface area contributed by atoms with E-state index in [1.807, 2.05) is 24.3 Å². The standard InChI is InChI=1S/C20H24N6O2S/c1-27-16-6-4-15(5-7-16)19-24-26(20(29)28-19)12-25-10-8-14(9-11-25)18-21-17(22-23-18)13-2-3-13/h4-7,13-14H,2-3,8-12H2,1H3,(H,21,22,23). The Labute approximate surface area is 173 Å². The van der Waals surface area contributed by atoms with Gasteiger partial charge in [-0.05, 0) is 62.2 Å². The van der Waals surface area contributed by atoms with Gasteiger partial charge >= 0.3 is 0 Å². The van der Waals surface area contributed by atoms with E-state index in [4.69, 9.17) is 26.4 Å². The van der Waals surface area contributed by atoms with Crippen molar-refractivity contribution in [3.8, 4) is 17.2 Å². The summed E-state index contributed by atoms with van der Waals surface area (Å²) in [6.07, 6.45) is 4.56. The summed E-state index contributed by atoms with van der Waals surface area (Å²) in [6.45, 7) is 2.57. The van der Waals surface area contributed by atoms with Crippen LogP contribution in [0.2, 0.25) is 0 Å². The van der Waals surface area contributed by atoms with Crippen molar-refractivity contribution in [3.05, 3.63) is 40.8 Å². The molecule has 3 heterocycles. The zero-order chi connectivity index (χ0) is 19.8. The molecule has 1 saturated carbocycles. The van der Waals surface area contributed by atoms with Crippen LogP contribution >= 0.6 is 12.2 Å². The van der Waals surface area contributed by atoms with Gasteiger partial charge in [-0.15, -0.1) is 5.10 Å². The van der Waals surface area contributed by atoms with Crippen molar-refractivity contribution in [2.24, 2.45) is 0 Å². The van der Waals surface area contributed by atoms with E-state index in [2.05, 4.69) is 20.2 Å². The largest absolute Gasteiger partial charge is 0.497 e. The van der Waals surface area contributed by atoms with E-state index in [1.165, 1.54) is 12.8 Å². The van der Waals surface area contributed by atoms with Crippen LogP contribution in [0.4, 0.5) is 0 Å². The lowest BCUT2D eigenvalue weighted by Crippen LogP contribution is -2.35. The summed E-state index contributed by atoms with van der Waals surface area (Å²) in [5.41, 5.74) is 0.881. The Hall–Kier alpha value is -2.52. The van der Waals surface area contributed by atoms with E-state index in [0.29, 0.717) is 29.2 Å². The molecule has 3 aromatic rings. The molecule has 0 spiro atoms. The number of benzene rings is 1. The molecule has 1 aliphatic carbocycles. The van der Waals surface area contributed by atoms with Gasteiger partial charge in [-0.25, -0.2) is 9.67 Å². The summed E-state index contributed by atoms with van der Waals surface area (Å²) in [5.74, 6) is 4.42. The van der Waals surface area contributed by atoms with E-state index < -0.39 is 0 Å². The minimum Gasteiger partial charge on any atom is -0.497 e. The first-order valence-corrected chi connectivity index (χ1v) is 10.5. The summed E-state index contributed by atoms with van der Waals surface area (Å²) >= 11 is 5.38. The third kappa shape index (κ3) is 3.97. The van der Waals surface area contributed by atoms with Crippen molar-refractivity contribution in [1.82, 2.24) is 29.9 Å². The van der Waals surface area contributed by atoms with Crippen LogP contribution < -0.4 is 4.74 Å². The Balaban J connectivity index is 1.21. The van der Waals surface area contributed by atoms with Crippen LogP contribution in [-0.2, 0) is 6.67 Å². The fourth-order valence-electron chi connectivity index (χ4n) is 3.78. The minimum atomic E-state index is 0.391. The molecule has 0 bridgehead atoms. The first kappa shape index (κ1) is 18.5. The zero-order valence-corrected chi connectivity index (χ0v) is 17.2. The number of nitrogens with one attached hydrogen (secondary N) is 1. The van der Waals surface area contributed by atoms with Crippen LogP contribution in [0, 0.1) is 4.84 Å². The lowest BCUT2D eigenvalue weighted by molar-refractivity contribution is 0.157. The van der Waals surface area contributed by atoms with Gasteiger partial charge in [-0.3, -0.25) is 10.00 Å². The highest BCUT2D eigenvalue weighted by atomic mass is 32.1. The molecule has 0 atom stereocenters. The van der Waals surface area contributed by atoms with Crippen molar-refractivity contribution < 1.29 is 9.15 Å². The van der Waals surface area contributed by atoms with Gasteiger partial charge in [0.05, 0.1) is 13.8 Å². The van der Waals surface area contributed by atoms with Crippen molar-refractivity contribution >= 4 is 12.2 Å². The number of aromatic amines is 1. The molecule has 0 unspecified atom stereocenters. The van der Waals surface area contributed by atoms with Gasteiger partial charge in [-0.2, -0.15) is 5.10 Å². The molecule has 0 amide bonds. The third-order valence-electron chi connectivity index (χ3n) is 5.71. The molecule has 1 aliphatic heterocycles. The SMILES string of the molecule is COc1ccc(-c2nn(CN3CCC(c4nc(C5CC5)n[nH]4)CC3)c(=S)o2)cc1. The predicted molar refractivity (Wildman–Crippen MR) is 109 cm³/mol. The van der Waals surface area contributed by atoms with Crippen LogP contribution in [0.3, 0.4) is 0 Å². The summed E-state index contributed by atoms with van der Waals surface area (Å²) in [6, 6.07) is 7.61. The number of aromatic nitrogens is 5. The van der Waals surface area contributed by atoms with Crippen molar-refractivity contribution in [2.75, 3.05) is 20.2 Å². The van der Waals surface area contributed by atoms with Gasteiger partial charge in [0.2, 0.25) is 5.89 Å². The maximum atomic E-state index is 5.71. The van der Waals surface area contributed by atoms with Gasteiger partial charge in [0.15, 0.2) is 5.82 Å². The Morgan fingerprint density at radius 3 is 2.59 bits per heavy atom. The van der Waals surface area contributed by atoms with Gasteiger partial charge in [0.1, 0.15) is 11.6 Å². The van der Waals surface area contributed by atoms with Crippen LogP contribution in [-0.4, -0.2) is 50.1 Å². The highest BCUT2D eigenvalue weighted by Gasteiger charge is 2.30. The molecule has 9 heteroatoms. The van der Waals surface area contributed by atoms with E-state index in [-0.39, 0.29) is 0 Å². The van der Waals surface area contributed by atoms with E-state index in [1.54, 1.807) is 11.8 Å². The molecule has 5 rings (SSSR count). The van der Waals surface area contributed by atoms with Gasteiger partial charge < -0.3 is 9.15 Å². The average molecular weight is 413 g/mol. The summed E-state index contributed by atoms with van der Waals surface area (Å²) < 4.78 is 12.7. The van der Waals surface area contributed by atoms with Crippen molar-refractivity contribution in [2.45, 2.75) is 44.2 Å². The van der Waals surface area contributed by atoms with Gasteiger partial charge in [0, 0.05) is 30.5 Å². The summed E-state index contributed by atoms with van der Waals surface area (Å²) in [5, 5.41) is 12.1. The second-order valence-electron chi connectivity index (χ2n) is 7.79. The zero-order valence-electron chi connectivity index (χ0n) is 16.4. The number of likely N-dealkylation sites (tertiary alicyclic amines) is 1. The smallest absolute Gasteiger partial charge is 0.288 e. The molecule has 2 fully saturated rings. The number of methoxy groups -OCH3 is 1. The number of rotatable bonds is 6. The second kappa shape index (κ2) is 7.72. The van der Waals surface area contributed by atoms with Crippen molar-refractivity contribution in [3.63, 3.8) is 0 Å². The number of hydrogen-bond acceptors (Lipinski definition) is 7. The summed E-state index contributed by atoms with van der Waals surface area (Å²) in [7, 11) is 1.65. The molecule has 1 saturated heterocycles. The molecule has 1 aromatic carbocycles. The molecular formula is C20H24N6O2S. The van der Waals surface area contributed by atoms with E-state index in [0.717, 1.165) is 48.9 Å².